The van der Waals surface area contributed by atoms with Gasteiger partial charge in [0.25, 0.3) is 0 Å². The zero-order valence-corrected chi connectivity index (χ0v) is 10.2. The van der Waals surface area contributed by atoms with Crippen LogP contribution in [-0.4, -0.2) is 51.3 Å². The van der Waals surface area contributed by atoms with Gasteiger partial charge < -0.3 is 15.0 Å². The molecule has 0 aromatic rings. The van der Waals surface area contributed by atoms with Gasteiger partial charge in [0.2, 0.25) is 0 Å². The Morgan fingerprint density at radius 3 is 2.29 bits per heavy atom. The fraction of sp³-hybridized carbons (Fsp3) is 1.00. The molecule has 0 aromatic carbocycles. The first kappa shape index (κ1) is 13.9. The smallest absolute Gasteiger partial charge is 0.0589 e. The minimum Gasteiger partial charge on any atom is -0.383 e. The number of methoxy groups -OCH3 is 1. The van der Waals surface area contributed by atoms with E-state index in [0.717, 1.165) is 19.2 Å². The molecule has 0 atom stereocenters. The summed E-state index contributed by atoms with van der Waals surface area (Å²) >= 11 is 0. The lowest BCUT2D eigenvalue weighted by Crippen LogP contribution is -2.42. The molecule has 1 aliphatic rings. The van der Waals surface area contributed by atoms with Gasteiger partial charge in [-0.3, -0.25) is 0 Å². The average Bonchev–Trinajstić information content (AvgIpc) is 2.30. The summed E-state index contributed by atoms with van der Waals surface area (Å²) in [5.41, 5.74) is 0. The fourth-order valence-electron chi connectivity index (χ4n) is 1.67. The Morgan fingerprint density at radius 2 is 1.86 bits per heavy atom. The normalized spacial score (nSPS) is 18.9. The van der Waals surface area contributed by atoms with Crippen molar-refractivity contribution in [2.75, 3.05) is 40.4 Å². The Balaban J connectivity index is 0.000000791. The van der Waals surface area contributed by atoms with E-state index in [1.54, 1.807) is 7.11 Å². The molecule has 3 nitrogen and oxygen atoms in total. The summed E-state index contributed by atoms with van der Waals surface area (Å²) in [6, 6.07) is 0.740. The number of hydrogen-bond acceptors (Lipinski definition) is 3. The first-order chi connectivity index (χ1) is 6.86. The van der Waals surface area contributed by atoms with Crippen molar-refractivity contribution >= 4 is 0 Å². The van der Waals surface area contributed by atoms with Crippen LogP contribution in [0.25, 0.3) is 0 Å². The maximum absolute atomic E-state index is 5.04. The number of piperidine rings is 1. The highest BCUT2D eigenvalue weighted by molar-refractivity contribution is 4.75. The van der Waals surface area contributed by atoms with E-state index in [1.165, 1.54) is 25.9 Å². The van der Waals surface area contributed by atoms with Crippen molar-refractivity contribution in [3.63, 3.8) is 0 Å². The first-order valence-corrected chi connectivity index (χ1v) is 5.75. The van der Waals surface area contributed by atoms with Crippen molar-refractivity contribution in [2.24, 2.45) is 0 Å². The Bertz CT molecular complexity index is 112. The maximum Gasteiger partial charge on any atom is 0.0589 e. The Kier molecular flexibility index (Phi) is 9.35. The van der Waals surface area contributed by atoms with Crippen LogP contribution in [0.1, 0.15) is 26.7 Å². The van der Waals surface area contributed by atoms with Gasteiger partial charge in [-0.1, -0.05) is 13.8 Å². The van der Waals surface area contributed by atoms with E-state index < -0.39 is 0 Å². The monoisotopic (exact) mass is 202 g/mol. The van der Waals surface area contributed by atoms with E-state index in [0.29, 0.717) is 0 Å². The van der Waals surface area contributed by atoms with Crippen LogP contribution in [0.2, 0.25) is 0 Å². The topological polar surface area (TPSA) is 24.5 Å². The lowest BCUT2D eigenvalue weighted by Gasteiger charge is -2.31. The van der Waals surface area contributed by atoms with Crippen LogP contribution >= 0.6 is 0 Å². The van der Waals surface area contributed by atoms with Gasteiger partial charge in [0, 0.05) is 19.7 Å². The highest BCUT2D eigenvalue weighted by Gasteiger charge is 2.16. The van der Waals surface area contributed by atoms with Crippen LogP contribution in [0.3, 0.4) is 0 Å². The van der Waals surface area contributed by atoms with Crippen molar-refractivity contribution in [1.29, 1.82) is 0 Å². The Labute approximate surface area is 88.8 Å². The van der Waals surface area contributed by atoms with E-state index in [4.69, 9.17) is 4.74 Å². The summed E-state index contributed by atoms with van der Waals surface area (Å²) in [7, 11) is 3.82. The predicted molar refractivity (Wildman–Crippen MR) is 61.7 cm³/mol. The summed E-state index contributed by atoms with van der Waals surface area (Å²) in [4.78, 5) is 2.47. The number of rotatable bonds is 4. The number of nitrogens with zero attached hydrogens (tertiary/aromatic N) is 1. The summed E-state index contributed by atoms with van der Waals surface area (Å²) < 4.78 is 5.04. The summed E-state index contributed by atoms with van der Waals surface area (Å²) in [6.07, 6.45) is 2.56. The molecular weight excluding hydrogens is 176 g/mol. The quantitative estimate of drug-likeness (QED) is 0.744. The SMILES string of the molecule is CC.CNC1CCN(CCOC)CC1. The van der Waals surface area contributed by atoms with Crippen LogP contribution in [0, 0.1) is 0 Å². The van der Waals surface area contributed by atoms with E-state index in [9.17, 15) is 0 Å². The summed E-state index contributed by atoms with van der Waals surface area (Å²) in [6.45, 7) is 8.39. The zero-order chi connectivity index (χ0) is 10.8. The molecule has 1 fully saturated rings. The average molecular weight is 202 g/mol. The number of hydrogen-bond donors (Lipinski definition) is 1. The molecule has 0 spiro atoms. The molecule has 3 heteroatoms. The van der Waals surface area contributed by atoms with Gasteiger partial charge in [0.15, 0.2) is 0 Å². The van der Waals surface area contributed by atoms with Crippen molar-refractivity contribution in [1.82, 2.24) is 10.2 Å². The van der Waals surface area contributed by atoms with Crippen molar-refractivity contribution in [2.45, 2.75) is 32.7 Å². The lowest BCUT2D eigenvalue weighted by atomic mass is 10.1. The molecule has 1 saturated heterocycles. The van der Waals surface area contributed by atoms with Gasteiger partial charge in [-0.05, 0) is 33.0 Å². The molecule has 0 aliphatic carbocycles. The predicted octanol–water partition coefficient (Wildman–Crippen LogP) is 1.34. The van der Waals surface area contributed by atoms with E-state index in [1.807, 2.05) is 13.8 Å². The molecule has 0 saturated carbocycles. The number of likely N-dealkylation sites (tertiary alicyclic amines) is 1. The summed E-state index contributed by atoms with van der Waals surface area (Å²) in [5, 5.41) is 3.32. The van der Waals surface area contributed by atoms with Gasteiger partial charge in [0.05, 0.1) is 6.61 Å². The van der Waals surface area contributed by atoms with Gasteiger partial charge in [0.1, 0.15) is 0 Å². The maximum atomic E-state index is 5.04. The molecule has 86 valence electrons. The highest BCUT2D eigenvalue weighted by atomic mass is 16.5. The van der Waals surface area contributed by atoms with E-state index in [-0.39, 0.29) is 0 Å². The van der Waals surface area contributed by atoms with Crippen molar-refractivity contribution in [3.8, 4) is 0 Å². The van der Waals surface area contributed by atoms with Crippen LogP contribution in [0.4, 0.5) is 0 Å². The zero-order valence-electron chi connectivity index (χ0n) is 10.2. The first-order valence-electron chi connectivity index (χ1n) is 5.75. The minimum absolute atomic E-state index is 0.740. The number of nitrogens with one attached hydrogen (secondary N) is 1. The third-order valence-electron chi connectivity index (χ3n) is 2.61. The van der Waals surface area contributed by atoms with Crippen LogP contribution < -0.4 is 5.32 Å². The molecule has 0 radical (unpaired) electrons. The molecule has 14 heavy (non-hydrogen) atoms. The molecule has 1 N–H and O–H groups in total. The van der Waals surface area contributed by atoms with Crippen LogP contribution in [-0.2, 0) is 4.74 Å². The van der Waals surface area contributed by atoms with E-state index >= 15 is 0 Å². The minimum atomic E-state index is 0.740. The third-order valence-corrected chi connectivity index (χ3v) is 2.61. The van der Waals surface area contributed by atoms with Gasteiger partial charge in [-0.2, -0.15) is 0 Å². The second-order valence-electron chi connectivity index (χ2n) is 3.40. The fourth-order valence-corrected chi connectivity index (χ4v) is 1.67. The van der Waals surface area contributed by atoms with Crippen LogP contribution in [0.5, 0.6) is 0 Å². The highest BCUT2D eigenvalue weighted by Crippen LogP contribution is 2.08. The molecule has 0 aromatic heterocycles. The molecule has 1 aliphatic heterocycles. The Morgan fingerprint density at radius 1 is 1.29 bits per heavy atom. The molecule has 1 heterocycles. The molecule has 0 unspecified atom stereocenters. The van der Waals surface area contributed by atoms with Gasteiger partial charge in [-0.15, -0.1) is 0 Å². The van der Waals surface area contributed by atoms with Gasteiger partial charge in [-0.25, -0.2) is 0 Å². The van der Waals surface area contributed by atoms with Gasteiger partial charge >= 0.3 is 0 Å². The third kappa shape index (κ3) is 5.58. The second-order valence-corrected chi connectivity index (χ2v) is 3.40. The molecule has 0 bridgehead atoms. The number of ether oxygens (including phenoxy) is 1. The second kappa shape index (κ2) is 9.44. The largest absolute Gasteiger partial charge is 0.383 e. The molecule has 0 amide bonds. The standard InChI is InChI=1S/C9H20N2O.C2H6/c1-10-9-3-5-11(6-4-9)7-8-12-2;1-2/h9-10H,3-8H2,1-2H3;1-2H3. The van der Waals surface area contributed by atoms with Crippen molar-refractivity contribution in [3.05, 3.63) is 0 Å². The lowest BCUT2D eigenvalue weighted by molar-refractivity contribution is 0.127. The molecule has 1 rings (SSSR count). The van der Waals surface area contributed by atoms with E-state index in [2.05, 4.69) is 17.3 Å². The summed E-state index contributed by atoms with van der Waals surface area (Å²) in [5.74, 6) is 0. The van der Waals surface area contributed by atoms with Crippen LogP contribution in [0.15, 0.2) is 0 Å². The Hall–Kier alpha value is -0.120. The molecular formula is C11H26N2O. The van der Waals surface area contributed by atoms with Crippen molar-refractivity contribution < 1.29 is 4.74 Å².